The van der Waals surface area contributed by atoms with Gasteiger partial charge in [0.2, 0.25) is 0 Å². The predicted octanol–water partition coefficient (Wildman–Crippen LogP) is 3.61. The van der Waals surface area contributed by atoms with Crippen LogP contribution in [0.4, 0.5) is 0 Å². The third kappa shape index (κ3) is 2.23. The van der Waals surface area contributed by atoms with Crippen molar-refractivity contribution in [2.24, 2.45) is 5.73 Å². The molecule has 2 aromatic rings. The molecule has 0 spiro atoms. The predicted molar refractivity (Wildman–Crippen MR) is 67.3 cm³/mol. The van der Waals surface area contributed by atoms with E-state index >= 15 is 0 Å². The van der Waals surface area contributed by atoms with E-state index in [0.29, 0.717) is 10.7 Å². The molecule has 1 unspecified atom stereocenters. The van der Waals surface area contributed by atoms with Crippen LogP contribution in [0.5, 0.6) is 0 Å². The molecule has 15 heavy (non-hydrogen) atoms. The summed E-state index contributed by atoms with van der Waals surface area (Å²) in [6, 6.07) is 5.29. The fourth-order valence-corrected chi connectivity index (χ4v) is 3.14. The Morgan fingerprint density at radius 1 is 1.47 bits per heavy atom. The Kier molecular flexibility index (Phi) is 3.41. The van der Waals surface area contributed by atoms with Crippen LogP contribution in [0.1, 0.15) is 16.6 Å². The zero-order chi connectivity index (χ0) is 10.8. The van der Waals surface area contributed by atoms with Crippen LogP contribution in [0, 0.1) is 0 Å². The number of hydrogen-bond donors (Lipinski definition) is 1. The smallest absolute Gasteiger partial charge is 0.0846 e. The van der Waals surface area contributed by atoms with Crippen LogP contribution in [0.15, 0.2) is 34.2 Å². The van der Waals surface area contributed by atoms with E-state index in [9.17, 15) is 0 Å². The molecule has 0 radical (unpaired) electrons. The molecule has 0 saturated heterocycles. The summed E-state index contributed by atoms with van der Waals surface area (Å²) in [7, 11) is 0. The molecule has 0 fully saturated rings. The molecule has 0 bridgehead atoms. The summed E-state index contributed by atoms with van der Waals surface area (Å²) in [4.78, 5) is 5.24. The topological polar surface area (TPSA) is 38.9 Å². The van der Waals surface area contributed by atoms with E-state index in [2.05, 4.69) is 20.9 Å². The van der Waals surface area contributed by atoms with Gasteiger partial charge in [-0.1, -0.05) is 11.6 Å². The summed E-state index contributed by atoms with van der Waals surface area (Å²) >= 11 is 11.1. The first-order chi connectivity index (χ1) is 7.20. The highest BCUT2D eigenvalue weighted by Gasteiger charge is 2.17. The standard InChI is InChI=1S/C10H8BrClN2S/c11-6-3-5-15-10(6)8(13)9-7(12)2-1-4-14-9/h1-5,8H,13H2. The maximum atomic E-state index is 6.10. The fourth-order valence-electron chi connectivity index (χ4n) is 1.28. The Morgan fingerprint density at radius 3 is 2.87 bits per heavy atom. The summed E-state index contributed by atoms with van der Waals surface area (Å²) in [6.45, 7) is 0. The number of aromatic nitrogens is 1. The molecule has 1 atom stereocenters. The lowest BCUT2D eigenvalue weighted by Crippen LogP contribution is -2.12. The highest BCUT2D eigenvalue weighted by molar-refractivity contribution is 9.10. The second-order valence-corrected chi connectivity index (χ2v) is 5.19. The highest BCUT2D eigenvalue weighted by atomic mass is 79.9. The summed E-state index contributed by atoms with van der Waals surface area (Å²) in [5, 5.41) is 2.58. The SMILES string of the molecule is NC(c1ncccc1Cl)c1sccc1Br. The average Bonchev–Trinajstić information content (AvgIpc) is 2.64. The number of nitrogens with zero attached hydrogens (tertiary/aromatic N) is 1. The van der Waals surface area contributed by atoms with E-state index in [-0.39, 0.29) is 6.04 Å². The van der Waals surface area contributed by atoms with Gasteiger partial charge in [-0.05, 0) is 39.5 Å². The van der Waals surface area contributed by atoms with E-state index in [4.69, 9.17) is 17.3 Å². The van der Waals surface area contributed by atoms with Crippen LogP contribution >= 0.6 is 38.9 Å². The van der Waals surface area contributed by atoms with Gasteiger partial charge < -0.3 is 5.73 Å². The van der Waals surface area contributed by atoms with Gasteiger partial charge in [-0.25, -0.2) is 0 Å². The van der Waals surface area contributed by atoms with Gasteiger partial charge in [0.25, 0.3) is 0 Å². The molecule has 2 aromatic heterocycles. The summed E-state index contributed by atoms with van der Waals surface area (Å²) < 4.78 is 1.00. The zero-order valence-electron chi connectivity index (χ0n) is 7.65. The quantitative estimate of drug-likeness (QED) is 0.920. The lowest BCUT2D eigenvalue weighted by atomic mass is 10.1. The van der Waals surface area contributed by atoms with Gasteiger partial charge >= 0.3 is 0 Å². The van der Waals surface area contributed by atoms with Crippen molar-refractivity contribution in [2.75, 3.05) is 0 Å². The Bertz CT molecular complexity index is 472. The average molecular weight is 304 g/mol. The van der Waals surface area contributed by atoms with E-state index in [0.717, 1.165) is 9.35 Å². The maximum Gasteiger partial charge on any atom is 0.0846 e. The third-order valence-corrected chi connectivity index (χ3v) is 4.28. The molecule has 0 amide bonds. The van der Waals surface area contributed by atoms with E-state index in [1.165, 1.54) is 0 Å². The van der Waals surface area contributed by atoms with Gasteiger partial charge in [0.1, 0.15) is 0 Å². The lowest BCUT2D eigenvalue weighted by molar-refractivity contribution is 0.843. The van der Waals surface area contributed by atoms with Crippen LogP contribution in [0.3, 0.4) is 0 Å². The van der Waals surface area contributed by atoms with Crippen LogP contribution in [-0.2, 0) is 0 Å². The monoisotopic (exact) mass is 302 g/mol. The molecule has 2 rings (SSSR count). The first-order valence-corrected chi connectivity index (χ1v) is 6.34. The second-order valence-electron chi connectivity index (χ2n) is 2.98. The van der Waals surface area contributed by atoms with Gasteiger partial charge in [0.15, 0.2) is 0 Å². The molecule has 5 heteroatoms. The van der Waals surface area contributed by atoms with E-state index in [1.807, 2.05) is 11.4 Å². The van der Waals surface area contributed by atoms with E-state index in [1.54, 1.807) is 29.7 Å². The third-order valence-electron chi connectivity index (χ3n) is 2.01. The van der Waals surface area contributed by atoms with Gasteiger partial charge in [0, 0.05) is 15.5 Å². The lowest BCUT2D eigenvalue weighted by Gasteiger charge is -2.11. The molecule has 2 N–H and O–H groups in total. The van der Waals surface area contributed by atoms with Crippen LogP contribution in [0.25, 0.3) is 0 Å². The summed E-state index contributed by atoms with van der Waals surface area (Å²) in [5.41, 5.74) is 6.81. The highest BCUT2D eigenvalue weighted by Crippen LogP contribution is 2.32. The Morgan fingerprint density at radius 2 is 2.27 bits per heavy atom. The van der Waals surface area contributed by atoms with Crippen LogP contribution in [0.2, 0.25) is 5.02 Å². The minimum Gasteiger partial charge on any atom is -0.318 e. The molecule has 0 aromatic carbocycles. The van der Waals surface area contributed by atoms with Crippen LogP contribution in [-0.4, -0.2) is 4.98 Å². The number of hydrogen-bond acceptors (Lipinski definition) is 3. The second kappa shape index (κ2) is 4.61. The number of thiophene rings is 1. The van der Waals surface area contributed by atoms with Gasteiger partial charge in [-0.3, -0.25) is 4.98 Å². The van der Waals surface area contributed by atoms with Gasteiger partial charge in [0.05, 0.1) is 16.8 Å². The number of nitrogens with two attached hydrogens (primary N) is 1. The first-order valence-electron chi connectivity index (χ1n) is 4.29. The molecule has 2 nitrogen and oxygen atoms in total. The Hall–Kier alpha value is -0.420. The largest absolute Gasteiger partial charge is 0.318 e. The van der Waals surface area contributed by atoms with Crippen LogP contribution < -0.4 is 5.73 Å². The van der Waals surface area contributed by atoms with E-state index < -0.39 is 0 Å². The van der Waals surface area contributed by atoms with Crippen molar-refractivity contribution < 1.29 is 0 Å². The summed E-state index contributed by atoms with van der Waals surface area (Å²) in [5.74, 6) is 0. The molecule has 0 saturated carbocycles. The summed E-state index contributed by atoms with van der Waals surface area (Å²) in [6.07, 6.45) is 1.70. The molecule has 78 valence electrons. The Labute approximate surface area is 105 Å². The molecular weight excluding hydrogens is 296 g/mol. The first kappa shape index (κ1) is 11.1. The molecule has 0 aliphatic carbocycles. The van der Waals surface area contributed by atoms with Crippen molar-refractivity contribution in [3.63, 3.8) is 0 Å². The number of halogens is 2. The van der Waals surface area contributed by atoms with Crippen molar-refractivity contribution in [3.05, 3.63) is 49.8 Å². The minimum atomic E-state index is -0.270. The maximum absolute atomic E-state index is 6.10. The fraction of sp³-hybridized carbons (Fsp3) is 0.100. The van der Waals surface area contributed by atoms with Gasteiger partial charge in [-0.2, -0.15) is 0 Å². The van der Waals surface area contributed by atoms with Crippen molar-refractivity contribution >= 4 is 38.9 Å². The molecule has 2 heterocycles. The van der Waals surface area contributed by atoms with Crippen molar-refractivity contribution in [3.8, 4) is 0 Å². The van der Waals surface area contributed by atoms with Crippen molar-refractivity contribution in [1.29, 1.82) is 0 Å². The Balaban J connectivity index is 2.41. The molecule has 0 aliphatic heterocycles. The number of rotatable bonds is 2. The van der Waals surface area contributed by atoms with Crippen molar-refractivity contribution in [2.45, 2.75) is 6.04 Å². The molecule has 0 aliphatic rings. The number of pyridine rings is 1. The molecular formula is C10H8BrClN2S. The normalized spacial score (nSPS) is 12.7. The van der Waals surface area contributed by atoms with Crippen molar-refractivity contribution in [1.82, 2.24) is 4.98 Å². The minimum absolute atomic E-state index is 0.270. The van der Waals surface area contributed by atoms with Gasteiger partial charge in [-0.15, -0.1) is 11.3 Å². The zero-order valence-corrected chi connectivity index (χ0v) is 10.8.